The smallest absolute Gasteiger partial charge is 0.180 e. The topological polar surface area (TPSA) is 46.6 Å². The first kappa shape index (κ1) is 23.0. The molecular formula is C21H37NO3S. The summed E-state index contributed by atoms with van der Waals surface area (Å²) >= 11 is 0. The highest BCUT2D eigenvalue weighted by Crippen LogP contribution is 2.21. The SMILES string of the molecule is CCCCN(CCCC)CCCOc1ccc(S(=O)(=O)C(C)CC)cc1. The summed E-state index contributed by atoms with van der Waals surface area (Å²) < 4.78 is 30.5. The van der Waals surface area contributed by atoms with E-state index in [4.69, 9.17) is 4.74 Å². The molecule has 0 heterocycles. The molecule has 0 aliphatic heterocycles. The zero-order valence-corrected chi connectivity index (χ0v) is 17.9. The van der Waals surface area contributed by atoms with Crippen LogP contribution in [0.2, 0.25) is 0 Å². The molecule has 0 radical (unpaired) electrons. The molecule has 1 rings (SSSR count). The van der Waals surface area contributed by atoms with E-state index in [9.17, 15) is 8.42 Å². The minimum atomic E-state index is -3.22. The van der Waals surface area contributed by atoms with Crippen molar-refractivity contribution in [2.45, 2.75) is 76.4 Å². The third-order valence-corrected chi connectivity index (χ3v) is 7.12. The van der Waals surface area contributed by atoms with Crippen LogP contribution in [0.3, 0.4) is 0 Å². The van der Waals surface area contributed by atoms with E-state index in [0.29, 0.717) is 17.9 Å². The summed E-state index contributed by atoms with van der Waals surface area (Å²) in [5, 5.41) is -0.355. The van der Waals surface area contributed by atoms with Gasteiger partial charge in [0.2, 0.25) is 0 Å². The Kier molecular flexibility index (Phi) is 10.9. The van der Waals surface area contributed by atoms with E-state index in [1.165, 1.54) is 38.8 Å². The van der Waals surface area contributed by atoms with Gasteiger partial charge in [0, 0.05) is 6.54 Å². The normalized spacial score (nSPS) is 13.1. The first-order valence-electron chi connectivity index (χ1n) is 10.1. The first-order valence-corrected chi connectivity index (χ1v) is 11.7. The van der Waals surface area contributed by atoms with Gasteiger partial charge in [-0.2, -0.15) is 0 Å². The molecule has 0 aliphatic rings. The van der Waals surface area contributed by atoms with Crippen LogP contribution >= 0.6 is 0 Å². The molecule has 0 saturated heterocycles. The van der Waals surface area contributed by atoms with Gasteiger partial charge in [0.25, 0.3) is 0 Å². The van der Waals surface area contributed by atoms with Gasteiger partial charge < -0.3 is 9.64 Å². The second kappa shape index (κ2) is 12.3. The third-order valence-electron chi connectivity index (χ3n) is 4.80. The van der Waals surface area contributed by atoms with E-state index in [2.05, 4.69) is 18.7 Å². The van der Waals surface area contributed by atoms with E-state index in [-0.39, 0.29) is 5.25 Å². The van der Waals surface area contributed by atoms with Crippen LogP contribution in [0.15, 0.2) is 29.2 Å². The van der Waals surface area contributed by atoms with Gasteiger partial charge in [-0.15, -0.1) is 0 Å². The van der Waals surface area contributed by atoms with Crippen molar-refractivity contribution in [1.29, 1.82) is 0 Å². The summed E-state index contributed by atoms with van der Waals surface area (Å²) in [7, 11) is -3.22. The summed E-state index contributed by atoms with van der Waals surface area (Å²) in [5.41, 5.74) is 0. The molecule has 26 heavy (non-hydrogen) atoms. The second-order valence-electron chi connectivity index (χ2n) is 6.99. The molecule has 0 amide bonds. The van der Waals surface area contributed by atoms with Gasteiger partial charge in [-0.05, 0) is 70.0 Å². The van der Waals surface area contributed by atoms with Gasteiger partial charge in [0.1, 0.15) is 5.75 Å². The summed E-state index contributed by atoms with van der Waals surface area (Å²) in [6.45, 7) is 12.1. The number of ether oxygens (including phenoxy) is 1. The van der Waals surface area contributed by atoms with Gasteiger partial charge in [-0.25, -0.2) is 8.42 Å². The van der Waals surface area contributed by atoms with Crippen LogP contribution in [0.1, 0.15) is 66.2 Å². The Hall–Kier alpha value is -1.07. The largest absolute Gasteiger partial charge is 0.494 e. The van der Waals surface area contributed by atoms with E-state index in [1.54, 1.807) is 31.2 Å². The van der Waals surface area contributed by atoms with Gasteiger partial charge in [-0.1, -0.05) is 33.6 Å². The lowest BCUT2D eigenvalue weighted by atomic mass is 10.2. The highest BCUT2D eigenvalue weighted by molar-refractivity contribution is 7.92. The molecule has 1 unspecified atom stereocenters. The highest BCUT2D eigenvalue weighted by Gasteiger charge is 2.21. The Morgan fingerprint density at radius 3 is 1.96 bits per heavy atom. The Bertz CT molecular complexity index is 576. The van der Waals surface area contributed by atoms with Crippen molar-refractivity contribution >= 4 is 9.84 Å². The lowest BCUT2D eigenvalue weighted by Crippen LogP contribution is -2.28. The summed E-state index contributed by atoms with van der Waals surface area (Å²) in [4.78, 5) is 2.91. The van der Waals surface area contributed by atoms with Crippen LogP contribution in [-0.2, 0) is 9.84 Å². The minimum Gasteiger partial charge on any atom is -0.494 e. The summed E-state index contributed by atoms with van der Waals surface area (Å²) in [5.74, 6) is 0.738. The molecule has 0 aliphatic carbocycles. The fourth-order valence-corrected chi connectivity index (χ4v) is 4.17. The predicted molar refractivity (Wildman–Crippen MR) is 110 cm³/mol. The Labute approximate surface area is 160 Å². The zero-order chi connectivity index (χ0) is 19.4. The van der Waals surface area contributed by atoms with Gasteiger partial charge >= 0.3 is 0 Å². The lowest BCUT2D eigenvalue weighted by Gasteiger charge is -2.21. The molecule has 4 nitrogen and oxygen atoms in total. The quantitative estimate of drug-likeness (QED) is 0.427. The second-order valence-corrected chi connectivity index (χ2v) is 9.35. The molecule has 0 bridgehead atoms. The molecule has 1 atom stereocenters. The number of sulfone groups is 1. The number of hydrogen-bond acceptors (Lipinski definition) is 4. The molecule has 5 heteroatoms. The molecule has 1 aromatic carbocycles. The van der Waals surface area contributed by atoms with Crippen molar-refractivity contribution in [3.63, 3.8) is 0 Å². The molecule has 0 aromatic heterocycles. The van der Waals surface area contributed by atoms with Crippen molar-refractivity contribution < 1.29 is 13.2 Å². The third kappa shape index (κ3) is 7.67. The van der Waals surface area contributed by atoms with Crippen molar-refractivity contribution in [3.8, 4) is 5.75 Å². The van der Waals surface area contributed by atoms with Crippen LogP contribution in [0.5, 0.6) is 5.75 Å². The number of rotatable bonds is 14. The van der Waals surface area contributed by atoms with E-state index in [1.807, 2.05) is 6.92 Å². The number of hydrogen-bond donors (Lipinski definition) is 0. The average molecular weight is 384 g/mol. The molecule has 0 saturated carbocycles. The van der Waals surface area contributed by atoms with Crippen molar-refractivity contribution in [1.82, 2.24) is 4.90 Å². The Morgan fingerprint density at radius 1 is 0.923 bits per heavy atom. The van der Waals surface area contributed by atoms with Gasteiger partial charge in [0.05, 0.1) is 16.8 Å². The van der Waals surface area contributed by atoms with Crippen LogP contribution in [-0.4, -0.2) is 44.8 Å². The highest BCUT2D eigenvalue weighted by atomic mass is 32.2. The zero-order valence-electron chi connectivity index (χ0n) is 17.0. The number of unbranched alkanes of at least 4 members (excludes halogenated alkanes) is 2. The number of benzene rings is 1. The molecule has 150 valence electrons. The maximum absolute atomic E-state index is 12.3. The lowest BCUT2D eigenvalue weighted by molar-refractivity contribution is 0.229. The van der Waals surface area contributed by atoms with Crippen molar-refractivity contribution in [3.05, 3.63) is 24.3 Å². The van der Waals surface area contributed by atoms with Crippen LogP contribution < -0.4 is 4.74 Å². The monoisotopic (exact) mass is 383 g/mol. The molecule has 0 fully saturated rings. The molecular weight excluding hydrogens is 346 g/mol. The van der Waals surface area contributed by atoms with Crippen LogP contribution in [0, 0.1) is 0 Å². The maximum atomic E-state index is 12.3. The minimum absolute atomic E-state index is 0.355. The van der Waals surface area contributed by atoms with E-state index in [0.717, 1.165) is 18.7 Å². The predicted octanol–water partition coefficient (Wildman–Crippen LogP) is 4.93. The first-order chi connectivity index (χ1) is 12.5. The summed E-state index contributed by atoms with van der Waals surface area (Å²) in [6.07, 6.45) is 6.55. The standard InChI is InChI=1S/C21H37NO3S/c1-5-8-15-22(16-9-6-2)17-10-18-25-20-11-13-21(14-12-20)26(23,24)19(4)7-3/h11-14,19H,5-10,15-18H2,1-4H3. The summed E-state index contributed by atoms with van der Waals surface area (Å²) in [6, 6.07) is 6.85. The fraction of sp³-hybridized carbons (Fsp3) is 0.714. The molecule has 0 N–H and O–H groups in total. The van der Waals surface area contributed by atoms with Gasteiger partial charge in [-0.3, -0.25) is 0 Å². The molecule has 0 spiro atoms. The van der Waals surface area contributed by atoms with Crippen molar-refractivity contribution in [2.24, 2.45) is 0 Å². The Morgan fingerprint density at radius 2 is 1.46 bits per heavy atom. The Balaban J connectivity index is 2.45. The van der Waals surface area contributed by atoms with Crippen molar-refractivity contribution in [2.75, 3.05) is 26.2 Å². The van der Waals surface area contributed by atoms with Gasteiger partial charge in [0.15, 0.2) is 9.84 Å². The average Bonchev–Trinajstić information content (AvgIpc) is 2.66. The van der Waals surface area contributed by atoms with E-state index >= 15 is 0 Å². The number of nitrogens with zero attached hydrogens (tertiary/aromatic N) is 1. The maximum Gasteiger partial charge on any atom is 0.180 e. The fourth-order valence-electron chi connectivity index (χ4n) is 2.75. The van der Waals surface area contributed by atoms with Crippen LogP contribution in [0.25, 0.3) is 0 Å². The van der Waals surface area contributed by atoms with E-state index < -0.39 is 9.84 Å². The van der Waals surface area contributed by atoms with Crippen LogP contribution in [0.4, 0.5) is 0 Å². The molecule has 1 aromatic rings.